The molecule has 4 nitrogen and oxygen atoms in total. The molecule has 1 aliphatic heterocycles. The third-order valence-electron chi connectivity index (χ3n) is 4.34. The van der Waals surface area contributed by atoms with Crippen LogP contribution in [-0.2, 0) is 9.53 Å². The second-order valence-electron chi connectivity index (χ2n) is 5.78. The van der Waals surface area contributed by atoms with Crippen LogP contribution < -0.4 is 5.73 Å². The number of nitrogens with zero attached hydrogens (tertiary/aromatic N) is 1. The number of rotatable bonds is 4. The van der Waals surface area contributed by atoms with E-state index in [0.717, 1.165) is 18.4 Å². The van der Waals surface area contributed by atoms with Gasteiger partial charge < -0.3 is 15.4 Å². The Morgan fingerprint density at radius 1 is 1.33 bits per heavy atom. The van der Waals surface area contributed by atoms with Crippen molar-refractivity contribution in [1.82, 2.24) is 4.90 Å². The van der Waals surface area contributed by atoms with Gasteiger partial charge in [0.25, 0.3) is 5.91 Å². The van der Waals surface area contributed by atoms with Crippen molar-refractivity contribution in [2.45, 2.75) is 25.9 Å². The zero-order valence-corrected chi connectivity index (χ0v) is 13.4. The number of carbonyl (C=O) groups is 1. The summed E-state index contributed by atoms with van der Waals surface area (Å²) >= 11 is 5.13. The predicted molar refractivity (Wildman–Crippen MR) is 86.9 cm³/mol. The van der Waals surface area contributed by atoms with Gasteiger partial charge in [-0.3, -0.25) is 4.79 Å². The van der Waals surface area contributed by atoms with Crippen LogP contribution in [-0.4, -0.2) is 36.0 Å². The highest BCUT2D eigenvalue weighted by atomic mass is 32.1. The number of nitrogens with two attached hydrogens (primary N) is 1. The minimum absolute atomic E-state index is 0.00805. The molecule has 0 bridgehead atoms. The predicted octanol–water partition coefficient (Wildman–Crippen LogP) is 2.29. The largest absolute Gasteiger partial charge is 0.393 e. The van der Waals surface area contributed by atoms with E-state index in [-0.39, 0.29) is 11.3 Å². The SMILES string of the molecule is COC(C(=O)N1CCC(C)(C(N)=S)CC1)c1ccccc1. The number of amides is 1. The van der Waals surface area contributed by atoms with Crippen molar-refractivity contribution < 1.29 is 9.53 Å². The van der Waals surface area contributed by atoms with Gasteiger partial charge in [0.05, 0.1) is 4.99 Å². The molecule has 0 spiro atoms. The first kappa shape index (κ1) is 15.9. The molecule has 1 saturated heterocycles. The van der Waals surface area contributed by atoms with Crippen LogP contribution in [0.5, 0.6) is 0 Å². The standard InChI is InChI=1S/C16H22N2O2S/c1-16(15(17)21)8-10-18(11-9-16)14(19)13(20-2)12-6-4-3-5-7-12/h3-7,13H,8-11H2,1-2H3,(H2,17,21). The Labute approximate surface area is 131 Å². The van der Waals surface area contributed by atoms with Gasteiger partial charge >= 0.3 is 0 Å². The molecule has 1 aliphatic rings. The summed E-state index contributed by atoms with van der Waals surface area (Å²) in [5.74, 6) is 0.00805. The number of carbonyl (C=O) groups excluding carboxylic acids is 1. The monoisotopic (exact) mass is 306 g/mol. The van der Waals surface area contributed by atoms with Crippen LogP contribution in [0.3, 0.4) is 0 Å². The molecule has 1 heterocycles. The summed E-state index contributed by atoms with van der Waals surface area (Å²) in [6.45, 7) is 3.40. The lowest BCUT2D eigenvalue weighted by molar-refractivity contribution is -0.144. The zero-order chi connectivity index (χ0) is 15.5. The Bertz CT molecular complexity index is 510. The highest BCUT2D eigenvalue weighted by molar-refractivity contribution is 7.80. The first-order valence-corrected chi connectivity index (χ1v) is 7.55. The van der Waals surface area contributed by atoms with Gasteiger partial charge in [-0.2, -0.15) is 0 Å². The third kappa shape index (κ3) is 3.41. The Hall–Kier alpha value is -1.46. The molecular weight excluding hydrogens is 284 g/mol. The fraction of sp³-hybridized carbons (Fsp3) is 0.500. The van der Waals surface area contributed by atoms with Crippen LogP contribution >= 0.6 is 12.2 Å². The minimum atomic E-state index is -0.541. The van der Waals surface area contributed by atoms with Crippen LogP contribution in [0.1, 0.15) is 31.4 Å². The van der Waals surface area contributed by atoms with E-state index in [1.165, 1.54) is 0 Å². The first-order valence-electron chi connectivity index (χ1n) is 7.14. The van der Waals surface area contributed by atoms with E-state index in [2.05, 4.69) is 6.92 Å². The number of likely N-dealkylation sites (tertiary alicyclic amines) is 1. The molecule has 0 aromatic heterocycles. The van der Waals surface area contributed by atoms with Crippen LogP contribution in [0.25, 0.3) is 0 Å². The molecule has 21 heavy (non-hydrogen) atoms. The molecule has 1 amide bonds. The number of hydrogen-bond donors (Lipinski definition) is 1. The summed E-state index contributed by atoms with van der Waals surface area (Å²) in [5, 5.41) is 0. The molecule has 1 fully saturated rings. The van der Waals surface area contributed by atoms with Gasteiger partial charge in [-0.25, -0.2) is 0 Å². The number of ether oxygens (including phenoxy) is 1. The van der Waals surface area contributed by atoms with E-state index in [1.54, 1.807) is 7.11 Å². The van der Waals surface area contributed by atoms with Crippen molar-refractivity contribution in [1.29, 1.82) is 0 Å². The van der Waals surface area contributed by atoms with Crippen molar-refractivity contribution in [3.8, 4) is 0 Å². The van der Waals surface area contributed by atoms with Gasteiger partial charge in [0, 0.05) is 25.6 Å². The smallest absolute Gasteiger partial charge is 0.256 e. The van der Waals surface area contributed by atoms with E-state index in [1.807, 2.05) is 35.2 Å². The average Bonchev–Trinajstić information content (AvgIpc) is 2.49. The van der Waals surface area contributed by atoms with Crippen molar-refractivity contribution in [2.75, 3.05) is 20.2 Å². The van der Waals surface area contributed by atoms with E-state index >= 15 is 0 Å². The van der Waals surface area contributed by atoms with Crippen LogP contribution in [0.4, 0.5) is 0 Å². The van der Waals surface area contributed by atoms with Gasteiger partial charge in [0.2, 0.25) is 0 Å². The summed E-state index contributed by atoms with van der Waals surface area (Å²) in [6, 6.07) is 9.57. The van der Waals surface area contributed by atoms with Crippen LogP contribution in [0.2, 0.25) is 0 Å². The fourth-order valence-corrected chi connectivity index (χ4v) is 2.84. The van der Waals surface area contributed by atoms with Gasteiger partial charge in [-0.05, 0) is 18.4 Å². The Balaban J connectivity index is 2.06. The molecule has 0 radical (unpaired) electrons. The first-order chi connectivity index (χ1) is 9.98. The molecule has 0 saturated carbocycles. The molecule has 0 aliphatic carbocycles. The van der Waals surface area contributed by atoms with Gasteiger partial charge in [0.15, 0.2) is 6.10 Å². The molecule has 1 aromatic rings. The lowest BCUT2D eigenvalue weighted by Gasteiger charge is -2.39. The number of methoxy groups -OCH3 is 1. The van der Waals surface area contributed by atoms with Crippen molar-refractivity contribution in [3.63, 3.8) is 0 Å². The van der Waals surface area contributed by atoms with E-state index in [0.29, 0.717) is 18.1 Å². The maximum absolute atomic E-state index is 12.6. The van der Waals surface area contributed by atoms with E-state index < -0.39 is 6.10 Å². The third-order valence-corrected chi connectivity index (χ3v) is 4.83. The molecule has 2 N–H and O–H groups in total. The maximum atomic E-state index is 12.6. The molecular formula is C16H22N2O2S. The van der Waals surface area contributed by atoms with E-state index in [9.17, 15) is 4.79 Å². The average molecular weight is 306 g/mol. The normalized spacial score (nSPS) is 19.0. The highest BCUT2D eigenvalue weighted by Crippen LogP contribution is 2.32. The molecule has 2 rings (SSSR count). The van der Waals surface area contributed by atoms with E-state index in [4.69, 9.17) is 22.7 Å². The van der Waals surface area contributed by atoms with Gasteiger partial charge in [0.1, 0.15) is 0 Å². The number of hydrogen-bond acceptors (Lipinski definition) is 3. The molecule has 5 heteroatoms. The molecule has 1 atom stereocenters. The Morgan fingerprint density at radius 2 is 1.90 bits per heavy atom. The topological polar surface area (TPSA) is 55.6 Å². The number of thiocarbonyl (C=S) groups is 1. The lowest BCUT2D eigenvalue weighted by Crippen LogP contribution is -2.48. The van der Waals surface area contributed by atoms with Gasteiger partial charge in [-0.1, -0.05) is 49.5 Å². The Kier molecular flexibility index (Phi) is 4.96. The van der Waals surface area contributed by atoms with Crippen molar-refractivity contribution >= 4 is 23.1 Å². The van der Waals surface area contributed by atoms with Crippen molar-refractivity contribution in [3.05, 3.63) is 35.9 Å². The van der Waals surface area contributed by atoms with Crippen molar-refractivity contribution in [2.24, 2.45) is 11.1 Å². The quantitative estimate of drug-likeness (QED) is 0.867. The summed E-state index contributed by atoms with van der Waals surface area (Å²) in [6.07, 6.45) is 1.07. The molecule has 1 unspecified atom stereocenters. The summed E-state index contributed by atoms with van der Waals surface area (Å²) in [5.41, 5.74) is 6.55. The maximum Gasteiger partial charge on any atom is 0.256 e. The Morgan fingerprint density at radius 3 is 2.38 bits per heavy atom. The lowest BCUT2D eigenvalue weighted by atomic mass is 9.80. The van der Waals surface area contributed by atoms with Crippen LogP contribution in [0, 0.1) is 5.41 Å². The number of piperidine rings is 1. The molecule has 114 valence electrons. The number of benzene rings is 1. The summed E-state index contributed by atoms with van der Waals surface area (Å²) < 4.78 is 5.41. The van der Waals surface area contributed by atoms with Crippen LogP contribution in [0.15, 0.2) is 30.3 Å². The second-order valence-corrected chi connectivity index (χ2v) is 6.22. The second kappa shape index (κ2) is 6.54. The summed E-state index contributed by atoms with van der Waals surface area (Å²) in [7, 11) is 1.57. The fourth-order valence-electron chi connectivity index (χ4n) is 2.64. The van der Waals surface area contributed by atoms with Gasteiger partial charge in [-0.15, -0.1) is 0 Å². The minimum Gasteiger partial charge on any atom is -0.393 e. The zero-order valence-electron chi connectivity index (χ0n) is 12.5. The highest BCUT2D eigenvalue weighted by Gasteiger charge is 2.36. The molecule has 1 aromatic carbocycles. The summed E-state index contributed by atoms with van der Waals surface area (Å²) in [4.78, 5) is 15.0.